The third kappa shape index (κ3) is 5.17. The lowest BCUT2D eigenvalue weighted by Crippen LogP contribution is -2.17. The fourth-order valence-electron chi connectivity index (χ4n) is 1.90. The number of ether oxygens (including phenoxy) is 2. The van der Waals surface area contributed by atoms with Gasteiger partial charge >= 0.3 is 0 Å². The van der Waals surface area contributed by atoms with Gasteiger partial charge in [-0.05, 0) is 30.3 Å². The second-order valence-electron chi connectivity index (χ2n) is 4.79. The Kier molecular flexibility index (Phi) is 6.27. The predicted molar refractivity (Wildman–Crippen MR) is 88.1 cm³/mol. The molecule has 0 aliphatic heterocycles. The number of amides is 1. The summed E-state index contributed by atoms with van der Waals surface area (Å²) >= 11 is 0. The van der Waals surface area contributed by atoms with E-state index in [1.165, 1.54) is 26.5 Å². The molecule has 0 spiro atoms. The van der Waals surface area contributed by atoms with E-state index < -0.39 is 24.1 Å². The van der Waals surface area contributed by atoms with Crippen molar-refractivity contribution in [3.63, 3.8) is 0 Å². The van der Waals surface area contributed by atoms with Gasteiger partial charge in [-0.3, -0.25) is 4.79 Å². The van der Waals surface area contributed by atoms with E-state index in [-0.39, 0.29) is 5.69 Å². The molecule has 0 fully saturated rings. The Morgan fingerprint density at radius 2 is 1.92 bits per heavy atom. The molecule has 0 unspecified atom stereocenters. The Labute approximate surface area is 143 Å². The first kappa shape index (κ1) is 18.2. The Balaban J connectivity index is 1.90. The number of nitrogens with zero attached hydrogens (tertiary/aromatic N) is 1. The fourth-order valence-corrected chi connectivity index (χ4v) is 1.90. The summed E-state index contributed by atoms with van der Waals surface area (Å²) in [5, 5.41) is 6.04. The van der Waals surface area contributed by atoms with Crippen molar-refractivity contribution in [2.75, 3.05) is 26.1 Å². The minimum absolute atomic E-state index is 0.117. The molecule has 0 bridgehead atoms. The summed E-state index contributed by atoms with van der Waals surface area (Å²) in [6.45, 7) is -0.401. The summed E-state index contributed by atoms with van der Waals surface area (Å²) in [7, 11) is 3.04. The van der Waals surface area contributed by atoms with E-state index in [1.807, 2.05) is 0 Å². The zero-order valence-corrected chi connectivity index (χ0v) is 13.6. The number of carbonyl (C=O) groups excluding carboxylic acids is 1. The smallest absolute Gasteiger partial charge is 0.265 e. The highest BCUT2D eigenvalue weighted by atomic mass is 19.2. The van der Waals surface area contributed by atoms with Crippen molar-refractivity contribution in [2.24, 2.45) is 5.16 Å². The molecule has 8 heteroatoms. The molecule has 1 amide bonds. The first-order valence-electron chi connectivity index (χ1n) is 7.15. The minimum atomic E-state index is -1.05. The minimum Gasteiger partial charge on any atom is -0.497 e. The molecule has 0 atom stereocenters. The molecular weight excluding hydrogens is 334 g/mol. The first-order chi connectivity index (χ1) is 12.0. The highest BCUT2D eigenvalue weighted by Crippen LogP contribution is 2.22. The van der Waals surface area contributed by atoms with Crippen molar-refractivity contribution < 1.29 is 27.9 Å². The van der Waals surface area contributed by atoms with Crippen LogP contribution in [0.1, 0.15) is 5.56 Å². The molecule has 0 saturated heterocycles. The lowest BCUT2D eigenvalue weighted by Gasteiger charge is -2.07. The van der Waals surface area contributed by atoms with E-state index in [2.05, 4.69) is 10.5 Å². The SMILES string of the molecule is COc1ccc(OC)c(/C=N/OCC(=O)Nc2ccc(F)c(F)c2)c1. The van der Waals surface area contributed by atoms with E-state index in [1.54, 1.807) is 18.2 Å². The summed E-state index contributed by atoms with van der Waals surface area (Å²) < 4.78 is 36.1. The maximum Gasteiger partial charge on any atom is 0.265 e. The van der Waals surface area contributed by atoms with Crippen LogP contribution in [0.25, 0.3) is 0 Å². The number of nitrogens with one attached hydrogen (secondary N) is 1. The molecule has 2 rings (SSSR count). The highest BCUT2D eigenvalue weighted by Gasteiger charge is 2.07. The van der Waals surface area contributed by atoms with Gasteiger partial charge in [0.2, 0.25) is 0 Å². The highest BCUT2D eigenvalue weighted by molar-refractivity contribution is 5.91. The van der Waals surface area contributed by atoms with Crippen LogP contribution in [0.3, 0.4) is 0 Å². The van der Waals surface area contributed by atoms with Gasteiger partial charge in [-0.25, -0.2) is 8.78 Å². The maximum absolute atomic E-state index is 13.1. The van der Waals surface area contributed by atoms with E-state index in [4.69, 9.17) is 14.3 Å². The third-order valence-corrected chi connectivity index (χ3v) is 3.10. The second-order valence-corrected chi connectivity index (χ2v) is 4.79. The lowest BCUT2D eigenvalue weighted by molar-refractivity contribution is -0.120. The maximum atomic E-state index is 13.1. The molecule has 2 aromatic carbocycles. The van der Waals surface area contributed by atoms with Gasteiger partial charge in [-0.15, -0.1) is 0 Å². The van der Waals surface area contributed by atoms with Crippen molar-refractivity contribution in [1.82, 2.24) is 0 Å². The van der Waals surface area contributed by atoms with Gasteiger partial charge in [0.05, 0.1) is 20.4 Å². The zero-order chi connectivity index (χ0) is 18.2. The topological polar surface area (TPSA) is 69.1 Å². The van der Waals surface area contributed by atoms with Crippen LogP contribution in [0.15, 0.2) is 41.6 Å². The number of anilines is 1. The number of rotatable bonds is 7. The summed E-state index contributed by atoms with van der Waals surface area (Å²) in [5.74, 6) is -1.45. The van der Waals surface area contributed by atoms with Crippen molar-refractivity contribution in [3.8, 4) is 11.5 Å². The first-order valence-corrected chi connectivity index (χ1v) is 7.15. The summed E-state index contributed by atoms with van der Waals surface area (Å²) in [4.78, 5) is 16.6. The second kappa shape index (κ2) is 8.62. The van der Waals surface area contributed by atoms with Gasteiger partial charge in [-0.2, -0.15) is 0 Å². The molecule has 132 valence electrons. The number of methoxy groups -OCH3 is 2. The van der Waals surface area contributed by atoms with Crippen LogP contribution in [0, 0.1) is 11.6 Å². The molecule has 2 aromatic rings. The number of halogens is 2. The van der Waals surface area contributed by atoms with Gasteiger partial charge in [-0.1, -0.05) is 5.16 Å². The van der Waals surface area contributed by atoms with Crippen LogP contribution >= 0.6 is 0 Å². The largest absolute Gasteiger partial charge is 0.497 e. The van der Waals surface area contributed by atoms with Crippen LogP contribution in [0.2, 0.25) is 0 Å². The van der Waals surface area contributed by atoms with E-state index in [9.17, 15) is 13.6 Å². The number of carbonyl (C=O) groups is 1. The average molecular weight is 350 g/mol. The quantitative estimate of drug-likeness (QED) is 0.616. The Hall–Kier alpha value is -3.16. The van der Waals surface area contributed by atoms with Gasteiger partial charge in [0.1, 0.15) is 11.5 Å². The van der Waals surface area contributed by atoms with Crippen molar-refractivity contribution in [1.29, 1.82) is 0 Å². The molecule has 1 N–H and O–H groups in total. The number of oxime groups is 1. The molecule has 0 aliphatic carbocycles. The molecule has 0 aromatic heterocycles. The van der Waals surface area contributed by atoms with Gasteiger partial charge in [0, 0.05) is 17.3 Å². The summed E-state index contributed by atoms with van der Waals surface area (Å²) in [6.07, 6.45) is 1.37. The van der Waals surface area contributed by atoms with Crippen LogP contribution in [0.4, 0.5) is 14.5 Å². The number of hydrogen-bond donors (Lipinski definition) is 1. The molecule has 6 nitrogen and oxygen atoms in total. The van der Waals surface area contributed by atoms with Gasteiger partial charge < -0.3 is 19.6 Å². The van der Waals surface area contributed by atoms with Crippen molar-refractivity contribution in [3.05, 3.63) is 53.6 Å². The summed E-state index contributed by atoms with van der Waals surface area (Å²) in [6, 6.07) is 8.15. The number of benzene rings is 2. The Morgan fingerprint density at radius 1 is 1.12 bits per heavy atom. The van der Waals surface area contributed by atoms with E-state index in [0.29, 0.717) is 17.1 Å². The molecule has 0 saturated carbocycles. The van der Waals surface area contributed by atoms with Crippen LogP contribution in [-0.4, -0.2) is 32.9 Å². The Morgan fingerprint density at radius 3 is 2.60 bits per heavy atom. The van der Waals surface area contributed by atoms with Crippen molar-refractivity contribution in [2.45, 2.75) is 0 Å². The van der Waals surface area contributed by atoms with Gasteiger partial charge in [0.25, 0.3) is 5.91 Å². The van der Waals surface area contributed by atoms with Crippen LogP contribution in [0.5, 0.6) is 11.5 Å². The fraction of sp³-hybridized carbons (Fsp3) is 0.176. The molecule has 0 aliphatic rings. The van der Waals surface area contributed by atoms with Crippen molar-refractivity contribution >= 4 is 17.8 Å². The van der Waals surface area contributed by atoms with E-state index >= 15 is 0 Å². The standard InChI is InChI=1S/C17H16F2N2O4/c1-23-13-4-6-16(24-2)11(7-13)9-20-25-10-17(22)21-12-3-5-14(18)15(19)8-12/h3-9H,10H2,1-2H3,(H,21,22)/b20-9+. The normalized spacial score (nSPS) is 10.6. The van der Waals surface area contributed by atoms with Crippen LogP contribution in [-0.2, 0) is 9.63 Å². The van der Waals surface area contributed by atoms with Crippen LogP contribution < -0.4 is 14.8 Å². The zero-order valence-electron chi connectivity index (χ0n) is 13.6. The molecule has 25 heavy (non-hydrogen) atoms. The summed E-state index contributed by atoms with van der Waals surface area (Å²) in [5.41, 5.74) is 0.716. The Bertz CT molecular complexity index is 781. The third-order valence-electron chi connectivity index (χ3n) is 3.10. The lowest BCUT2D eigenvalue weighted by atomic mass is 10.2. The molecule has 0 radical (unpaired) electrons. The van der Waals surface area contributed by atoms with E-state index in [0.717, 1.165) is 12.1 Å². The number of hydrogen-bond acceptors (Lipinski definition) is 5. The van der Waals surface area contributed by atoms with Gasteiger partial charge in [0.15, 0.2) is 18.2 Å². The predicted octanol–water partition coefficient (Wildman–Crippen LogP) is 2.97. The molecule has 0 heterocycles. The average Bonchev–Trinajstić information content (AvgIpc) is 2.61. The molecular formula is C17H16F2N2O4. The monoisotopic (exact) mass is 350 g/mol.